The minimum Gasteiger partial charge on any atom is -0.435 e. The number of benzene rings is 8. The van der Waals surface area contributed by atoms with Crippen molar-refractivity contribution in [1.82, 2.24) is 19.9 Å². The summed E-state index contributed by atoms with van der Waals surface area (Å²) in [6, 6.07) is 58.8. The molecule has 3 aromatic heterocycles. The number of fused-ring (bicyclic) bond motifs is 7. The topological polar surface area (TPSA) is 64.7 Å². The van der Waals surface area contributed by atoms with E-state index in [0.29, 0.717) is 28.9 Å². The predicted molar refractivity (Wildman–Crippen MR) is 222 cm³/mol. The summed E-state index contributed by atoms with van der Waals surface area (Å²) in [5.41, 5.74) is 7.26. The van der Waals surface area contributed by atoms with Gasteiger partial charge in [-0.3, -0.25) is 0 Å². The Labute approximate surface area is 313 Å². The maximum atomic E-state index is 6.68. The molecule has 0 spiro atoms. The molecule has 0 radical (unpaired) electrons. The number of hydrogen-bond donors (Lipinski definition) is 0. The molecule has 0 aliphatic rings. The molecule has 0 aliphatic carbocycles. The van der Waals surface area contributed by atoms with Crippen LogP contribution >= 0.6 is 11.3 Å². The maximum absolute atomic E-state index is 6.68. The van der Waals surface area contributed by atoms with Crippen LogP contribution in [0, 0.1) is 0 Å². The van der Waals surface area contributed by atoms with E-state index in [-0.39, 0.29) is 0 Å². The van der Waals surface area contributed by atoms with Crippen molar-refractivity contribution in [3.63, 3.8) is 0 Å². The van der Waals surface area contributed by atoms with E-state index in [1.54, 1.807) is 11.3 Å². The van der Waals surface area contributed by atoms with Crippen LogP contribution in [0.25, 0.3) is 110 Å². The molecule has 0 fully saturated rings. The third-order valence-electron chi connectivity index (χ3n) is 10.2. The molecule has 6 heteroatoms. The van der Waals surface area contributed by atoms with Gasteiger partial charge in [0.15, 0.2) is 23.1 Å². The van der Waals surface area contributed by atoms with Crippen molar-refractivity contribution >= 4 is 64.2 Å². The Hall–Kier alpha value is -7.02. The van der Waals surface area contributed by atoms with Crippen LogP contribution in [0.5, 0.6) is 0 Å². The Morgan fingerprint density at radius 3 is 1.74 bits per heavy atom. The Morgan fingerprint density at radius 2 is 0.981 bits per heavy atom. The Bertz CT molecular complexity index is 3210. The Morgan fingerprint density at radius 1 is 0.407 bits per heavy atom. The number of thiophene rings is 1. The summed E-state index contributed by atoms with van der Waals surface area (Å²) in [6.07, 6.45) is 0. The zero-order chi connectivity index (χ0) is 35.6. The number of hydrogen-bond acceptors (Lipinski definition) is 6. The lowest BCUT2D eigenvalue weighted by molar-refractivity contribution is 0.621. The van der Waals surface area contributed by atoms with Gasteiger partial charge in [0.2, 0.25) is 5.89 Å². The number of aromatic nitrogens is 4. The van der Waals surface area contributed by atoms with Gasteiger partial charge in [-0.2, -0.15) is 0 Å². The highest BCUT2D eigenvalue weighted by Crippen LogP contribution is 2.45. The van der Waals surface area contributed by atoms with Gasteiger partial charge >= 0.3 is 0 Å². The maximum Gasteiger partial charge on any atom is 0.227 e. The summed E-state index contributed by atoms with van der Waals surface area (Å²) in [5, 5.41) is 7.11. The van der Waals surface area contributed by atoms with E-state index in [1.165, 1.54) is 31.8 Å². The molecule has 8 aromatic carbocycles. The van der Waals surface area contributed by atoms with E-state index in [4.69, 9.17) is 24.4 Å². The van der Waals surface area contributed by atoms with Crippen LogP contribution in [0.15, 0.2) is 174 Å². The molecule has 11 rings (SSSR count). The molecule has 0 unspecified atom stereocenters. The smallest absolute Gasteiger partial charge is 0.227 e. The molecule has 5 nitrogen and oxygen atoms in total. The van der Waals surface area contributed by atoms with Gasteiger partial charge in [-0.25, -0.2) is 19.9 Å². The summed E-state index contributed by atoms with van der Waals surface area (Å²) in [6.45, 7) is 0. The Balaban J connectivity index is 1.14. The molecule has 0 amide bonds. The molecular weight excluding hydrogens is 681 g/mol. The summed E-state index contributed by atoms with van der Waals surface area (Å²) in [5.74, 6) is 2.27. The molecule has 0 N–H and O–H groups in total. The number of rotatable bonds is 5. The second kappa shape index (κ2) is 12.3. The van der Waals surface area contributed by atoms with Crippen LogP contribution in [0.1, 0.15) is 0 Å². The lowest BCUT2D eigenvalue weighted by Crippen LogP contribution is -2.00. The molecule has 54 heavy (non-hydrogen) atoms. The molecule has 0 bridgehead atoms. The van der Waals surface area contributed by atoms with Crippen molar-refractivity contribution in [2.75, 3.05) is 0 Å². The number of oxazole rings is 1. The highest BCUT2D eigenvalue weighted by atomic mass is 32.1. The van der Waals surface area contributed by atoms with E-state index in [2.05, 4.69) is 109 Å². The highest BCUT2D eigenvalue weighted by molar-refractivity contribution is 7.26. The summed E-state index contributed by atoms with van der Waals surface area (Å²) in [7, 11) is 0. The Kier molecular flexibility index (Phi) is 6.97. The fraction of sp³-hybridized carbons (Fsp3) is 0. The lowest BCUT2D eigenvalue weighted by atomic mass is 9.93. The van der Waals surface area contributed by atoms with Gasteiger partial charge in [-0.15, -0.1) is 11.3 Å². The summed E-state index contributed by atoms with van der Waals surface area (Å²) < 4.78 is 8.96. The molecule has 11 aromatic rings. The van der Waals surface area contributed by atoms with Crippen LogP contribution in [0.3, 0.4) is 0 Å². The van der Waals surface area contributed by atoms with E-state index in [1.807, 2.05) is 60.7 Å². The monoisotopic (exact) mass is 708 g/mol. The van der Waals surface area contributed by atoms with Gasteiger partial charge in [0.1, 0.15) is 5.52 Å². The first-order chi connectivity index (χ1) is 26.7. The van der Waals surface area contributed by atoms with Gasteiger partial charge in [0, 0.05) is 36.9 Å². The zero-order valence-corrected chi connectivity index (χ0v) is 29.6. The van der Waals surface area contributed by atoms with Gasteiger partial charge in [-0.05, 0) is 63.0 Å². The van der Waals surface area contributed by atoms with Crippen molar-refractivity contribution < 1.29 is 4.42 Å². The van der Waals surface area contributed by atoms with E-state index < -0.39 is 0 Å². The molecule has 0 saturated heterocycles. The van der Waals surface area contributed by atoms with Crippen molar-refractivity contribution in [3.05, 3.63) is 170 Å². The van der Waals surface area contributed by atoms with Crippen LogP contribution in [-0.4, -0.2) is 19.9 Å². The number of nitrogens with zero attached hydrogens (tertiary/aromatic N) is 4. The first-order valence-corrected chi connectivity index (χ1v) is 18.7. The largest absolute Gasteiger partial charge is 0.435 e. The zero-order valence-electron chi connectivity index (χ0n) is 28.8. The average Bonchev–Trinajstić information content (AvgIpc) is 3.84. The second-order valence-corrected chi connectivity index (χ2v) is 14.5. The van der Waals surface area contributed by atoms with Gasteiger partial charge < -0.3 is 4.42 Å². The highest BCUT2D eigenvalue weighted by Gasteiger charge is 2.24. The van der Waals surface area contributed by atoms with E-state index in [9.17, 15) is 0 Å². The average molecular weight is 709 g/mol. The summed E-state index contributed by atoms with van der Waals surface area (Å²) >= 11 is 1.74. The predicted octanol–water partition coefficient (Wildman–Crippen LogP) is 13.0. The van der Waals surface area contributed by atoms with Crippen molar-refractivity contribution in [1.29, 1.82) is 0 Å². The molecule has 0 atom stereocenters. The van der Waals surface area contributed by atoms with Gasteiger partial charge in [0.25, 0.3) is 0 Å². The fourth-order valence-electron chi connectivity index (χ4n) is 7.61. The van der Waals surface area contributed by atoms with Crippen LogP contribution < -0.4 is 0 Å². The van der Waals surface area contributed by atoms with Crippen molar-refractivity contribution in [2.24, 2.45) is 0 Å². The SMILES string of the molecule is c1ccc(-c2nc(-c3ccc(-c4cc5ccccc5c5ccccc45)cc3)nc(-c3c4oc(-c5ccccc5)nc4cc4sc5ccccc5c34)n2)cc1. The molecule has 252 valence electrons. The lowest BCUT2D eigenvalue weighted by Gasteiger charge is -2.12. The standard InChI is InChI=1S/C48H28N4OS/c1-3-13-30(14-4-1)45-50-46(31-25-23-29(24-26-31)38-27-33-17-7-8-18-34(33)35-19-9-10-20-36(35)38)52-47(51-45)43-42-37-21-11-12-22-40(37)54-41(42)28-39-44(43)53-48(49-39)32-15-5-2-6-16-32/h1-28H. The molecule has 0 aliphatic heterocycles. The summed E-state index contributed by atoms with van der Waals surface area (Å²) in [4.78, 5) is 20.5. The van der Waals surface area contributed by atoms with Crippen molar-refractivity contribution in [3.8, 4) is 56.7 Å². The van der Waals surface area contributed by atoms with Gasteiger partial charge in [0.05, 0.1) is 5.56 Å². The first kappa shape index (κ1) is 30.6. The molecule has 0 saturated carbocycles. The second-order valence-electron chi connectivity index (χ2n) is 13.4. The minimum absolute atomic E-state index is 0.540. The third-order valence-corrected chi connectivity index (χ3v) is 11.3. The van der Waals surface area contributed by atoms with Crippen LogP contribution in [0.4, 0.5) is 0 Å². The fourth-order valence-corrected chi connectivity index (χ4v) is 8.76. The molecular formula is C48H28N4OS. The van der Waals surface area contributed by atoms with Gasteiger partial charge in [-0.1, -0.05) is 140 Å². The van der Waals surface area contributed by atoms with Crippen LogP contribution in [0.2, 0.25) is 0 Å². The quantitative estimate of drug-likeness (QED) is 0.167. The molecule has 3 heterocycles. The van der Waals surface area contributed by atoms with Crippen LogP contribution in [-0.2, 0) is 0 Å². The minimum atomic E-state index is 0.540. The first-order valence-electron chi connectivity index (χ1n) is 17.9. The third kappa shape index (κ3) is 4.99. The van der Waals surface area contributed by atoms with Crippen molar-refractivity contribution in [2.45, 2.75) is 0 Å². The van der Waals surface area contributed by atoms with E-state index in [0.717, 1.165) is 48.8 Å². The van der Waals surface area contributed by atoms with E-state index >= 15 is 0 Å². The normalized spacial score (nSPS) is 11.7.